The van der Waals surface area contributed by atoms with Crippen molar-refractivity contribution >= 4 is 5.69 Å². The summed E-state index contributed by atoms with van der Waals surface area (Å²) < 4.78 is 13.7. The molecule has 1 rings (SSSR count). The summed E-state index contributed by atoms with van der Waals surface area (Å²) in [5.41, 5.74) is 0.996. The number of rotatable bonds is 5. The lowest BCUT2D eigenvalue weighted by molar-refractivity contribution is 0.194. The SMILES string of the molecule is C#CCN(CCC)c1cccc(F)c1[C@@H](C)O. The summed E-state index contributed by atoms with van der Waals surface area (Å²) in [6, 6.07) is 4.78. The van der Waals surface area contributed by atoms with Crippen LogP contribution in [0.5, 0.6) is 0 Å². The summed E-state index contributed by atoms with van der Waals surface area (Å²) in [6.45, 7) is 4.75. The molecule has 0 aromatic heterocycles. The zero-order chi connectivity index (χ0) is 12.8. The number of benzene rings is 1. The van der Waals surface area contributed by atoms with Crippen LogP contribution in [0.15, 0.2) is 18.2 Å². The largest absolute Gasteiger partial charge is 0.389 e. The first kappa shape index (κ1) is 13.5. The minimum absolute atomic E-state index is 0.316. The highest BCUT2D eigenvalue weighted by Gasteiger charge is 2.17. The quantitative estimate of drug-likeness (QED) is 0.793. The number of hydrogen-bond donors (Lipinski definition) is 1. The van der Waals surface area contributed by atoms with E-state index in [-0.39, 0.29) is 0 Å². The van der Waals surface area contributed by atoms with Crippen LogP contribution in [0.25, 0.3) is 0 Å². The minimum Gasteiger partial charge on any atom is -0.389 e. The summed E-state index contributed by atoms with van der Waals surface area (Å²) in [5.74, 6) is 2.17. The summed E-state index contributed by atoms with van der Waals surface area (Å²) in [5, 5.41) is 9.65. The van der Waals surface area contributed by atoms with Gasteiger partial charge >= 0.3 is 0 Å². The van der Waals surface area contributed by atoms with Gasteiger partial charge in [0.2, 0.25) is 0 Å². The van der Waals surface area contributed by atoms with Crippen molar-refractivity contribution in [2.45, 2.75) is 26.4 Å². The topological polar surface area (TPSA) is 23.5 Å². The van der Waals surface area contributed by atoms with Crippen molar-refractivity contribution in [3.8, 4) is 12.3 Å². The molecule has 0 saturated carbocycles. The number of halogens is 1. The number of anilines is 1. The lowest BCUT2D eigenvalue weighted by Crippen LogP contribution is -2.26. The molecule has 0 heterocycles. The Hall–Kier alpha value is -1.53. The first-order chi connectivity index (χ1) is 8.11. The molecule has 0 aliphatic rings. The van der Waals surface area contributed by atoms with Gasteiger partial charge in [-0.05, 0) is 25.5 Å². The highest BCUT2D eigenvalue weighted by molar-refractivity contribution is 5.55. The Kier molecular flexibility index (Phi) is 4.99. The Balaban J connectivity index is 3.18. The van der Waals surface area contributed by atoms with Gasteiger partial charge in [-0.1, -0.05) is 18.9 Å². The van der Waals surface area contributed by atoms with Gasteiger partial charge in [-0.25, -0.2) is 4.39 Å². The second kappa shape index (κ2) is 6.27. The number of aliphatic hydroxyl groups is 1. The fourth-order valence-electron chi connectivity index (χ4n) is 1.88. The molecule has 1 atom stereocenters. The number of terminal acetylenes is 1. The molecular formula is C14H18FNO. The van der Waals surface area contributed by atoms with Crippen LogP contribution >= 0.6 is 0 Å². The van der Waals surface area contributed by atoms with Gasteiger partial charge in [-0.2, -0.15) is 0 Å². The van der Waals surface area contributed by atoms with Gasteiger partial charge in [-0.15, -0.1) is 6.42 Å². The maximum absolute atomic E-state index is 13.7. The van der Waals surface area contributed by atoms with Gasteiger partial charge in [0.05, 0.1) is 12.6 Å². The second-order valence-electron chi connectivity index (χ2n) is 3.97. The smallest absolute Gasteiger partial charge is 0.131 e. The van der Waals surface area contributed by atoms with Crippen LogP contribution in [0.3, 0.4) is 0 Å². The summed E-state index contributed by atoms with van der Waals surface area (Å²) in [6.07, 6.45) is 5.38. The van der Waals surface area contributed by atoms with Crippen molar-refractivity contribution in [3.05, 3.63) is 29.6 Å². The van der Waals surface area contributed by atoms with Crippen LogP contribution in [0.4, 0.5) is 10.1 Å². The first-order valence-electron chi connectivity index (χ1n) is 5.76. The monoisotopic (exact) mass is 235 g/mol. The Morgan fingerprint density at radius 3 is 2.76 bits per heavy atom. The molecule has 0 aliphatic carbocycles. The van der Waals surface area contributed by atoms with E-state index in [4.69, 9.17) is 6.42 Å². The van der Waals surface area contributed by atoms with E-state index in [1.807, 2.05) is 11.8 Å². The third kappa shape index (κ3) is 3.21. The van der Waals surface area contributed by atoms with E-state index < -0.39 is 11.9 Å². The second-order valence-corrected chi connectivity index (χ2v) is 3.97. The summed E-state index contributed by atoms with van der Waals surface area (Å²) in [4.78, 5) is 1.91. The highest BCUT2D eigenvalue weighted by atomic mass is 19.1. The number of aliphatic hydroxyl groups excluding tert-OH is 1. The van der Waals surface area contributed by atoms with Crippen LogP contribution in [0.2, 0.25) is 0 Å². The molecule has 0 radical (unpaired) electrons. The zero-order valence-electron chi connectivity index (χ0n) is 10.3. The maximum Gasteiger partial charge on any atom is 0.131 e. The van der Waals surface area contributed by atoms with Gasteiger partial charge in [0, 0.05) is 17.8 Å². The van der Waals surface area contributed by atoms with Crippen molar-refractivity contribution in [1.82, 2.24) is 0 Å². The average molecular weight is 235 g/mol. The van der Waals surface area contributed by atoms with E-state index in [9.17, 15) is 9.50 Å². The van der Waals surface area contributed by atoms with Crippen molar-refractivity contribution in [2.75, 3.05) is 18.0 Å². The van der Waals surface area contributed by atoms with Crippen molar-refractivity contribution in [1.29, 1.82) is 0 Å². The van der Waals surface area contributed by atoms with Crippen LogP contribution < -0.4 is 4.90 Å². The van der Waals surface area contributed by atoms with Crippen molar-refractivity contribution in [3.63, 3.8) is 0 Å². The van der Waals surface area contributed by atoms with Crippen LogP contribution in [0.1, 0.15) is 31.9 Å². The molecule has 0 fully saturated rings. The zero-order valence-corrected chi connectivity index (χ0v) is 10.3. The maximum atomic E-state index is 13.7. The molecule has 2 nitrogen and oxygen atoms in total. The van der Waals surface area contributed by atoms with E-state index in [1.54, 1.807) is 19.1 Å². The molecule has 92 valence electrons. The molecule has 0 unspecified atom stereocenters. The molecule has 0 aliphatic heterocycles. The van der Waals surface area contributed by atoms with Gasteiger partial charge in [0.15, 0.2) is 0 Å². The Morgan fingerprint density at radius 1 is 1.53 bits per heavy atom. The molecular weight excluding hydrogens is 217 g/mol. The van der Waals surface area contributed by atoms with Crippen LogP contribution in [-0.2, 0) is 0 Å². The predicted octanol–water partition coefficient (Wildman–Crippen LogP) is 2.73. The lowest BCUT2D eigenvalue weighted by atomic mass is 10.1. The Morgan fingerprint density at radius 2 is 2.24 bits per heavy atom. The summed E-state index contributed by atoms with van der Waals surface area (Å²) >= 11 is 0. The molecule has 0 bridgehead atoms. The molecule has 17 heavy (non-hydrogen) atoms. The number of nitrogens with zero attached hydrogens (tertiary/aromatic N) is 1. The van der Waals surface area contributed by atoms with Crippen LogP contribution in [-0.4, -0.2) is 18.2 Å². The van der Waals surface area contributed by atoms with Gasteiger partial charge in [0.1, 0.15) is 5.82 Å². The number of hydrogen-bond acceptors (Lipinski definition) is 2. The van der Waals surface area contributed by atoms with Gasteiger partial charge in [-0.3, -0.25) is 0 Å². The molecule has 0 spiro atoms. The van der Waals surface area contributed by atoms with Crippen molar-refractivity contribution < 1.29 is 9.50 Å². The fourth-order valence-corrected chi connectivity index (χ4v) is 1.88. The molecule has 1 aromatic rings. The standard InChI is InChI=1S/C14H18FNO/c1-4-9-16(10-5-2)13-8-6-7-12(15)14(13)11(3)17/h1,6-8,11,17H,5,9-10H2,2-3H3/t11-/m1/s1. The van der Waals surface area contributed by atoms with Crippen LogP contribution in [0, 0.1) is 18.2 Å². The molecule has 3 heteroatoms. The fraction of sp³-hybridized carbons (Fsp3) is 0.429. The highest BCUT2D eigenvalue weighted by Crippen LogP contribution is 2.28. The van der Waals surface area contributed by atoms with Gasteiger partial charge < -0.3 is 10.0 Å². The first-order valence-corrected chi connectivity index (χ1v) is 5.76. The molecule has 0 amide bonds. The average Bonchev–Trinajstić information content (AvgIpc) is 2.28. The normalized spacial score (nSPS) is 11.9. The van der Waals surface area contributed by atoms with Gasteiger partial charge in [0.25, 0.3) is 0 Å². The summed E-state index contributed by atoms with van der Waals surface area (Å²) in [7, 11) is 0. The Bertz CT molecular complexity index is 409. The third-order valence-electron chi connectivity index (χ3n) is 2.56. The molecule has 0 saturated heterocycles. The molecule has 1 N–H and O–H groups in total. The van der Waals surface area contributed by atoms with Crippen molar-refractivity contribution in [2.24, 2.45) is 0 Å². The predicted molar refractivity (Wildman–Crippen MR) is 68.4 cm³/mol. The van der Waals surface area contributed by atoms with E-state index in [2.05, 4.69) is 5.92 Å². The Labute approximate surface area is 102 Å². The third-order valence-corrected chi connectivity index (χ3v) is 2.56. The molecule has 1 aromatic carbocycles. The van der Waals surface area contributed by atoms with E-state index in [1.165, 1.54) is 6.07 Å². The minimum atomic E-state index is -0.844. The van der Waals surface area contributed by atoms with E-state index >= 15 is 0 Å². The lowest BCUT2D eigenvalue weighted by Gasteiger charge is -2.25. The van der Waals surface area contributed by atoms with E-state index in [0.717, 1.165) is 13.0 Å². The van der Waals surface area contributed by atoms with E-state index in [0.29, 0.717) is 17.8 Å².